The van der Waals surface area contributed by atoms with Crippen molar-refractivity contribution >= 4 is 44.8 Å². The van der Waals surface area contributed by atoms with Gasteiger partial charge in [-0.3, -0.25) is 0 Å². The number of likely N-dealkylation sites (N-methyl/N-ethyl adjacent to an activating group) is 1. The largest absolute Gasteiger partial charge is 0.495 e. The standard InChI is InChI=1S/C25H31ClN6O3S/c1-5-32-12-10-17-14-21(22(35-4)15-18(17)11-13-32)29-25-27-16-19(26)24(30-25)28-20-8-6-7-9-23(20)36(33,34)31(2)3/h6-9,14-16H,5,10-13H2,1-4H3,(H2,27,28,29,30). The minimum Gasteiger partial charge on any atom is -0.495 e. The molecule has 2 N–H and O–H groups in total. The van der Waals surface area contributed by atoms with E-state index >= 15 is 0 Å². The van der Waals surface area contributed by atoms with Crippen LogP contribution in [-0.2, 0) is 22.9 Å². The molecule has 0 unspecified atom stereocenters. The number of rotatable bonds is 8. The Kier molecular flexibility index (Phi) is 7.99. The van der Waals surface area contributed by atoms with Crippen molar-refractivity contribution < 1.29 is 13.2 Å². The van der Waals surface area contributed by atoms with Gasteiger partial charge in [-0.2, -0.15) is 4.98 Å². The van der Waals surface area contributed by atoms with Crippen LogP contribution in [0.25, 0.3) is 0 Å². The number of sulfonamides is 1. The molecule has 1 aromatic heterocycles. The zero-order valence-corrected chi connectivity index (χ0v) is 22.4. The second-order valence-corrected chi connectivity index (χ2v) is 11.2. The minimum atomic E-state index is -3.68. The molecule has 0 atom stereocenters. The molecule has 2 heterocycles. The summed E-state index contributed by atoms with van der Waals surface area (Å²) in [4.78, 5) is 11.4. The number of benzene rings is 2. The highest BCUT2D eigenvalue weighted by Crippen LogP contribution is 2.34. The first-order valence-electron chi connectivity index (χ1n) is 11.7. The number of hydrogen-bond donors (Lipinski definition) is 2. The van der Waals surface area contributed by atoms with Crippen LogP contribution in [0.4, 0.5) is 23.1 Å². The summed E-state index contributed by atoms with van der Waals surface area (Å²) in [5.41, 5.74) is 3.67. The fraction of sp³-hybridized carbons (Fsp3) is 0.360. The Hall–Kier alpha value is -2.92. The van der Waals surface area contributed by atoms with Crippen LogP contribution < -0.4 is 15.4 Å². The summed E-state index contributed by atoms with van der Waals surface area (Å²) >= 11 is 6.37. The monoisotopic (exact) mass is 530 g/mol. The number of nitrogens with one attached hydrogen (secondary N) is 2. The molecule has 0 aliphatic carbocycles. The Morgan fingerprint density at radius 1 is 1.08 bits per heavy atom. The Morgan fingerprint density at radius 2 is 1.78 bits per heavy atom. The number of fused-ring (bicyclic) bond motifs is 1. The van der Waals surface area contributed by atoms with Gasteiger partial charge in [0.1, 0.15) is 15.7 Å². The summed E-state index contributed by atoms with van der Waals surface area (Å²) in [6, 6.07) is 10.8. The second kappa shape index (κ2) is 11.0. The topological polar surface area (TPSA) is 99.7 Å². The molecule has 11 heteroatoms. The highest BCUT2D eigenvalue weighted by Gasteiger charge is 2.22. The molecule has 2 aromatic carbocycles. The average molecular weight is 531 g/mol. The third kappa shape index (κ3) is 5.57. The zero-order valence-electron chi connectivity index (χ0n) is 20.9. The fourth-order valence-corrected chi connectivity index (χ4v) is 5.32. The molecular formula is C25H31ClN6O3S. The van der Waals surface area contributed by atoms with Gasteiger partial charge in [-0.25, -0.2) is 17.7 Å². The van der Waals surface area contributed by atoms with Gasteiger partial charge in [0.25, 0.3) is 0 Å². The van der Waals surface area contributed by atoms with Crippen molar-refractivity contribution in [2.45, 2.75) is 24.7 Å². The maximum Gasteiger partial charge on any atom is 0.244 e. The van der Waals surface area contributed by atoms with Gasteiger partial charge < -0.3 is 20.3 Å². The van der Waals surface area contributed by atoms with Crippen LogP contribution in [0.5, 0.6) is 5.75 Å². The molecule has 0 saturated carbocycles. The lowest BCUT2D eigenvalue weighted by Crippen LogP contribution is -2.25. The quantitative estimate of drug-likeness (QED) is 0.445. The first-order valence-corrected chi connectivity index (χ1v) is 13.5. The zero-order chi connectivity index (χ0) is 25.9. The Balaban J connectivity index is 1.64. The van der Waals surface area contributed by atoms with Crippen molar-refractivity contribution in [2.75, 3.05) is 51.5 Å². The molecule has 0 bridgehead atoms. The van der Waals surface area contributed by atoms with Crippen LogP contribution in [0.3, 0.4) is 0 Å². The smallest absolute Gasteiger partial charge is 0.244 e. The van der Waals surface area contributed by atoms with Gasteiger partial charge in [0.15, 0.2) is 5.82 Å². The molecule has 192 valence electrons. The van der Waals surface area contributed by atoms with Crippen molar-refractivity contribution in [1.82, 2.24) is 19.2 Å². The summed E-state index contributed by atoms with van der Waals surface area (Å²) < 4.78 is 32.4. The predicted molar refractivity (Wildman–Crippen MR) is 143 cm³/mol. The van der Waals surface area contributed by atoms with E-state index in [4.69, 9.17) is 16.3 Å². The van der Waals surface area contributed by atoms with E-state index < -0.39 is 10.0 Å². The number of methoxy groups -OCH3 is 1. The van der Waals surface area contributed by atoms with Crippen molar-refractivity contribution in [3.63, 3.8) is 0 Å². The first-order chi connectivity index (χ1) is 17.2. The molecule has 0 fully saturated rings. The number of halogens is 1. The van der Waals surface area contributed by atoms with Crippen molar-refractivity contribution in [1.29, 1.82) is 0 Å². The minimum absolute atomic E-state index is 0.118. The summed E-state index contributed by atoms with van der Waals surface area (Å²) in [5.74, 6) is 1.29. The van der Waals surface area contributed by atoms with E-state index in [1.54, 1.807) is 25.3 Å². The molecule has 1 aliphatic heterocycles. The van der Waals surface area contributed by atoms with Gasteiger partial charge in [-0.15, -0.1) is 0 Å². The van der Waals surface area contributed by atoms with Crippen molar-refractivity contribution in [2.24, 2.45) is 0 Å². The van der Waals surface area contributed by atoms with E-state index in [2.05, 4.69) is 44.6 Å². The SMILES string of the molecule is CCN1CCc2cc(Nc3ncc(Cl)c(Nc4ccccc4S(=O)(=O)N(C)C)n3)c(OC)cc2CC1. The number of aromatic nitrogens is 2. The van der Waals surface area contributed by atoms with Crippen LogP contribution in [-0.4, -0.2) is 68.4 Å². The lowest BCUT2D eigenvalue weighted by Gasteiger charge is -2.17. The van der Waals surface area contributed by atoms with Gasteiger partial charge in [0.2, 0.25) is 16.0 Å². The predicted octanol–water partition coefficient (Wildman–Crippen LogP) is 4.30. The molecule has 4 rings (SSSR count). The van der Waals surface area contributed by atoms with Crippen LogP contribution in [0.15, 0.2) is 47.5 Å². The first kappa shape index (κ1) is 26.2. The molecule has 0 radical (unpaired) electrons. The highest BCUT2D eigenvalue weighted by molar-refractivity contribution is 7.89. The van der Waals surface area contributed by atoms with Crippen LogP contribution in [0, 0.1) is 0 Å². The summed E-state index contributed by atoms with van der Waals surface area (Å²) in [6.45, 7) is 5.25. The normalized spacial score (nSPS) is 14.3. The Bertz CT molecular complexity index is 1350. The highest BCUT2D eigenvalue weighted by atomic mass is 35.5. The van der Waals surface area contributed by atoms with E-state index in [0.717, 1.165) is 42.5 Å². The summed E-state index contributed by atoms with van der Waals surface area (Å²) in [5, 5.41) is 6.57. The molecule has 1 aliphatic rings. The maximum atomic E-state index is 12.8. The van der Waals surface area contributed by atoms with Crippen LogP contribution in [0.1, 0.15) is 18.1 Å². The number of anilines is 4. The number of ether oxygens (including phenoxy) is 1. The van der Waals surface area contributed by atoms with Gasteiger partial charge >= 0.3 is 0 Å². The van der Waals surface area contributed by atoms with E-state index in [9.17, 15) is 8.42 Å². The van der Waals surface area contributed by atoms with E-state index in [-0.39, 0.29) is 15.7 Å². The maximum absolute atomic E-state index is 12.8. The van der Waals surface area contributed by atoms with Crippen molar-refractivity contribution in [3.05, 3.63) is 58.7 Å². The fourth-order valence-electron chi connectivity index (χ4n) is 4.14. The van der Waals surface area contributed by atoms with E-state index in [1.165, 1.54) is 37.5 Å². The van der Waals surface area contributed by atoms with Crippen molar-refractivity contribution in [3.8, 4) is 5.75 Å². The van der Waals surface area contributed by atoms with Gasteiger partial charge in [-0.1, -0.05) is 30.7 Å². The van der Waals surface area contributed by atoms with E-state index in [1.807, 2.05) is 0 Å². The molecule has 36 heavy (non-hydrogen) atoms. The lowest BCUT2D eigenvalue weighted by molar-refractivity contribution is 0.303. The van der Waals surface area contributed by atoms with Crippen LogP contribution in [0.2, 0.25) is 5.02 Å². The molecule has 3 aromatic rings. The van der Waals surface area contributed by atoms with Crippen LogP contribution >= 0.6 is 11.6 Å². The molecule has 0 spiro atoms. The van der Waals surface area contributed by atoms with Gasteiger partial charge in [0.05, 0.1) is 24.7 Å². The summed E-state index contributed by atoms with van der Waals surface area (Å²) in [6.07, 6.45) is 3.39. The number of nitrogens with zero attached hydrogens (tertiary/aromatic N) is 4. The Morgan fingerprint density at radius 3 is 2.44 bits per heavy atom. The van der Waals surface area contributed by atoms with Gasteiger partial charge in [-0.05, 0) is 54.8 Å². The number of para-hydroxylation sites is 1. The summed E-state index contributed by atoms with van der Waals surface area (Å²) in [7, 11) is 0.933. The third-order valence-electron chi connectivity index (χ3n) is 6.25. The lowest BCUT2D eigenvalue weighted by atomic mass is 10.0. The second-order valence-electron chi connectivity index (χ2n) is 8.68. The third-order valence-corrected chi connectivity index (χ3v) is 8.40. The van der Waals surface area contributed by atoms with E-state index in [0.29, 0.717) is 17.4 Å². The molecular weight excluding hydrogens is 500 g/mol. The average Bonchev–Trinajstić information content (AvgIpc) is 3.07. The number of hydrogen-bond acceptors (Lipinski definition) is 8. The molecule has 0 saturated heterocycles. The Labute approximate surface area is 217 Å². The molecule has 0 amide bonds. The van der Waals surface area contributed by atoms with Gasteiger partial charge in [0, 0.05) is 27.2 Å². The molecule has 9 nitrogen and oxygen atoms in total.